The van der Waals surface area contributed by atoms with E-state index in [4.69, 9.17) is 11.6 Å². The Morgan fingerprint density at radius 2 is 1.64 bits per heavy atom. The van der Waals surface area contributed by atoms with Gasteiger partial charge in [-0.15, -0.1) is 0 Å². The van der Waals surface area contributed by atoms with Crippen molar-refractivity contribution in [1.29, 1.82) is 0 Å². The molecule has 148 valence electrons. The van der Waals surface area contributed by atoms with Gasteiger partial charge in [0.05, 0.1) is 0 Å². The van der Waals surface area contributed by atoms with E-state index in [0.717, 1.165) is 24.3 Å². The van der Waals surface area contributed by atoms with E-state index in [0.29, 0.717) is 24.7 Å². The largest absolute Gasteiger partial charge is 0.368 e. The molecule has 1 atom stereocenters. The minimum absolute atomic E-state index is 0.197. The van der Waals surface area contributed by atoms with Crippen molar-refractivity contribution in [3.8, 4) is 0 Å². The summed E-state index contributed by atoms with van der Waals surface area (Å²) in [6.07, 6.45) is 0. The number of hydrogen-bond donors (Lipinski definition) is 2. The molecule has 0 radical (unpaired) electrons. The summed E-state index contributed by atoms with van der Waals surface area (Å²) >= 11 is 5.93. The molecule has 1 heterocycles. The average molecular weight is 401 g/mol. The van der Waals surface area contributed by atoms with Gasteiger partial charge >= 0.3 is 6.03 Å². The van der Waals surface area contributed by atoms with Crippen molar-refractivity contribution in [2.24, 2.45) is 0 Å². The molecule has 3 amide bonds. The van der Waals surface area contributed by atoms with Crippen LogP contribution in [0.5, 0.6) is 0 Å². The molecule has 0 unspecified atom stereocenters. The second-order valence-corrected chi connectivity index (χ2v) is 7.26. The molecule has 1 aliphatic rings. The predicted molar refractivity (Wildman–Crippen MR) is 112 cm³/mol. The van der Waals surface area contributed by atoms with Gasteiger partial charge in [-0.25, -0.2) is 4.79 Å². The zero-order valence-electron chi connectivity index (χ0n) is 15.9. The third-order valence-corrected chi connectivity index (χ3v) is 5.05. The second kappa shape index (κ2) is 9.46. The van der Waals surface area contributed by atoms with Crippen LogP contribution in [0.15, 0.2) is 54.6 Å². The molecule has 7 heteroatoms. The highest BCUT2D eigenvalue weighted by Crippen LogP contribution is 2.19. The molecule has 2 aromatic rings. The van der Waals surface area contributed by atoms with Crippen LogP contribution < -0.4 is 15.5 Å². The van der Waals surface area contributed by atoms with Crippen LogP contribution in [-0.4, -0.2) is 49.1 Å². The van der Waals surface area contributed by atoms with Crippen molar-refractivity contribution >= 4 is 29.2 Å². The number of rotatable bonds is 5. The number of carbonyl (C=O) groups is 2. The zero-order chi connectivity index (χ0) is 19.9. The van der Waals surface area contributed by atoms with E-state index in [1.807, 2.05) is 54.6 Å². The van der Waals surface area contributed by atoms with Crippen LogP contribution in [0.2, 0.25) is 5.02 Å². The predicted octanol–water partition coefficient (Wildman–Crippen LogP) is 2.88. The number of piperazine rings is 1. The lowest BCUT2D eigenvalue weighted by Crippen LogP contribution is -2.55. The Balaban J connectivity index is 1.43. The highest BCUT2D eigenvalue weighted by atomic mass is 35.5. The quantitative estimate of drug-likeness (QED) is 0.811. The number of nitrogens with one attached hydrogen (secondary N) is 2. The van der Waals surface area contributed by atoms with Crippen molar-refractivity contribution in [3.05, 3.63) is 65.2 Å². The molecule has 0 aliphatic carbocycles. The highest BCUT2D eigenvalue weighted by Gasteiger charge is 2.24. The van der Waals surface area contributed by atoms with Crippen LogP contribution in [0.25, 0.3) is 0 Å². The molecule has 0 spiro atoms. The lowest BCUT2D eigenvalue weighted by atomic mass is 10.2. The van der Waals surface area contributed by atoms with Gasteiger partial charge in [0, 0.05) is 43.4 Å². The average Bonchev–Trinajstić information content (AvgIpc) is 2.73. The molecule has 28 heavy (non-hydrogen) atoms. The number of benzene rings is 2. The minimum Gasteiger partial charge on any atom is -0.368 e. The molecule has 2 N–H and O–H groups in total. The third kappa shape index (κ3) is 5.39. The SMILES string of the molecule is C[C@H](NC(=O)N1CCN(c2ccc(Cl)cc2)CC1)C(=O)NCc1ccccc1. The molecule has 0 saturated carbocycles. The monoisotopic (exact) mass is 400 g/mol. The summed E-state index contributed by atoms with van der Waals surface area (Å²) in [7, 11) is 0. The Hall–Kier alpha value is -2.73. The Bertz CT molecular complexity index is 790. The molecule has 0 bridgehead atoms. The summed E-state index contributed by atoms with van der Waals surface area (Å²) < 4.78 is 0. The van der Waals surface area contributed by atoms with Gasteiger partial charge in [-0.3, -0.25) is 4.79 Å². The zero-order valence-corrected chi connectivity index (χ0v) is 16.7. The normalized spacial score (nSPS) is 15.1. The maximum atomic E-state index is 12.5. The molecule has 1 fully saturated rings. The van der Waals surface area contributed by atoms with Crippen molar-refractivity contribution < 1.29 is 9.59 Å². The van der Waals surface area contributed by atoms with Crippen LogP contribution in [-0.2, 0) is 11.3 Å². The number of urea groups is 1. The van der Waals surface area contributed by atoms with Crippen LogP contribution >= 0.6 is 11.6 Å². The number of nitrogens with zero attached hydrogens (tertiary/aromatic N) is 2. The maximum absolute atomic E-state index is 12.5. The first kappa shape index (κ1) is 20.0. The van der Waals surface area contributed by atoms with E-state index < -0.39 is 6.04 Å². The fourth-order valence-corrected chi connectivity index (χ4v) is 3.23. The highest BCUT2D eigenvalue weighted by molar-refractivity contribution is 6.30. The number of halogens is 1. The van der Waals surface area contributed by atoms with Gasteiger partial charge in [-0.1, -0.05) is 41.9 Å². The Morgan fingerprint density at radius 3 is 2.29 bits per heavy atom. The van der Waals surface area contributed by atoms with Gasteiger partial charge in [0.1, 0.15) is 6.04 Å². The Morgan fingerprint density at radius 1 is 1.00 bits per heavy atom. The van der Waals surface area contributed by atoms with E-state index in [2.05, 4.69) is 15.5 Å². The number of amides is 3. The third-order valence-electron chi connectivity index (χ3n) is 4.80. The van der Waals surface area contributed by atoms with Crippen LogP contribution in [0.1, 0.15) is 12.5 Å². The summed E-state index contributed by atoms with van der Waals surface area (Å²) in [5.74, 6) is -0.197. The minimum atomic E-state index is -0.592. The molecule has 2 aromatic carbocycles. The molecular formula is C21H25ClN4O2. The Kier molecular flexibility index (Phi) is 6.76. The lowest BCUT2D eigenvalue weighted by Gasteiger charge is -2.36. The van der Waals surface area contributed by atoms with Crippen LogP contribution in [0.4, 0.5) is 10.5 Å². The van der Waals surface area contributed by atoms with E-state index in [1.165, 1.54) is 0 Å². The van der Waals surface area contributed by atoms with Gasteiger partial charge in [0.25, 0.3) is 0 Å². The standard InChI is InChI=1S/C21H25ClN4O2/c1-16(20(27)23-15-17-5-3-2-4-6-17)24-21(28)26-13-11-25(12-14-26)19-9-7-18(22)8-10-19/h2-10,16H,11-15H2,1H3,(H,23,27)(H,24,28)/t16-/m0/s1. The maximum Gasteiger partial charge on any atom is 0.318 e. The van der Waals surface area contributed by atoms with E-state index in [9.17, 15) is 9.59 Å². The first-order chi connectivity index (χ1) is 13.5. The Labute approximate surface area is 170 Å². The number of anilines is 1. The van der Waals surface area contributed by atoms with Crippen molar-refractivity contribution in [3.63, 3.8) is 0 Å². The summed E-state index contributed by atoms with van der Waals surface area (Å²) in [5.41, 5.74) is 2.12. The van der Waals surface area contributed by atoms with E-state index >= 15 is 0 Å². The molecule has 0 aromatic heterocycles. The van der Waals surface area contributed by atoms with Gasteiger partial charge in [-0.2, -0.15) is 0 Å². The summed E-state index contributed by atoms with van der Waals surface area (Å²) in [4.78, 5) is 28.7. The van der Waals surface area contributed by atoms with Crippen molar-refractivity contribution in [2.45, 2.75) is 19.5 Å². The second-order valence-electron chi connectivity index (χ2n) is 6.83. The summed E-state index contributed by atoms with van der Waals surface area (Å²) in [6.45, 7) is 4.83. The number of carbonyl (C=O) groups excluding carboxylic acids is 2. The first-order valence-electron chi connectivity index (χ1n) is 9.40. The van der Waals surface area contributed by atoms with E-state index in [-0.39, 0.29) is 11.9 Å². The topological polar surface area (TPSA) is 64.7 Å². The summed E-state index contributed by atoms with van der Waals surface area (Å²) in [6, 6.07) is 16.6. The van der Waals surface area contributed by atoms with Crippen molar-refractivity contribution in [2.75, 3.05) is 31.1 Å². The fraction of sp³-hybridized carbons (Fsp3) is 0.333. The smallest absolute Gasteiger partial charge is 0.318 e. The molecular weight excluding hydrogens is 376 g/mol. The molecule has 3 rings (SSSR count). The first-order valence-corrected chi connectivity index (χ1v) is 9.78. The van der Waals surface area contributed by atoms with Crippen LogP contribution in [0, 0.1) is 0 Å². The van der Waals surface area contributed by atoms with Gasteiger partial charge < -0.3 is 20.4 Å². The lowest BCUT2D eigenvalue weighted by molar-refractivity contribution is -0.122. The van der Waals surface area contributed by atoms with Crippen LogP contribution in [0.3, 0.4) is 0 Å². The van der Waals surface area contributed by atoms with E-state index in [1.54, 1.807) is 11.8 Å². The molecule has 6 nitrogen and oxygen atoms in total. The number of hydrogen-bond acceptors (Lipinski definition) is 3. The van der Waals surface area contributed by atoms with Gasteiger partial charge in [0.2, 0.25) is 5.91 Å². The summed E-state index contributed by atoms with van der Waals surface area (Å²) in [5, 5.41) is 6.35. The van der Waals surface area contributed by atoms with Gasteiger partial charge in [-0.05, 0) is 36.8 Å². The van der Waals surface area contributed by atoms with Crippen molar-refractivity contribution in [1.82, 2.24) is 15.5 Å². The molecule has 1 aliphatic heterocycles. The molecule has 1 saturated heterocycles. The fourth-order valence-electron chi connectivity index (χ4n) is 3.10. The van der Waals surface area contributed by atoms with Gasteiger partial charge in [0.15, 0.2) is 0 Å².